The number of rotatable bonds is 9. The summed E-state index contributed by atoms with van der Waals surface area (Å²) in [5, 5.41) is 86.7. The van der Waals surface area contributed by atoms with E-state index in [0.717, 1.165) is 0 Å². The molecule has 2 aliphatic heterocycles. The summed E-state index contributed by atoms with van der Waals surface area (Å²) in [6, 6.07) is 0. The van der Waals surface area contributed by atoms with E-state index in [9.17, 15) is 35.8 Å². The summed E-state index contributed by atoms with van der Waals surface area (Å²) < 4.78 is 21.0. The van der Waals surface area contributed by atoms with E-state index in [-0.39, 0.29) is 19.6 Å². The predicted molar refractivity (Wildman–Crippen MR) is 88.0 cm³/mol. The van der Waals surface area contributed by atoms with Gasteiger partial charge in [-0.1, -0.05) is 0 Å². The number of nitrogens with one attached hydrogen (secondary N) is 1. The predicted octanol–water partition coefficient (Wildman–Crippen LogP) is -6.21. The number of hydroxylamine groups is 2. The van der Waals surface area contributed by atoms with Gasteiger partial charge in [0.1, 0.15) is 55.4 Å². The number of hydrogen-bond acceptors (Lipinski definition) is 13. The van der Waals surface area contributed by atoms with Crippen LogP contribution in [0.2, 0.25) is 0 Å². The quantitative estimate of drug-likeness (QED) is 0.122. The molecule has 0 amide bonds. The van der Waals surface area contributed by atoms with Crippen molar-refractivity contribution in [3.05, 3.63) is 5.21 Å². The van der Waals surface area contributed by atoms with Crippen LogP contribution < -0.4 is 5.23 Å². The highest BCUT2D eigenvalue weighted by atomic mass is 16.8. The molecule has 0 bridgehead atoms. The van der Waals surface area contributed by atoms with Gasteiger partial charge in [-0.3, -0.25) is 0 Å². The topological polar surface area (TPSA) is 226 Å². The van der Waals surface area contributed by atoms with Crippen molar-refractivity contribution in [2.45, 2.75) is 67.8 Å². The van der Waals surface area contributed by atoms with Gasteiger partial charge in [-0.05, 0) is 0 Å². The Hall–Kier alpha value is -0.560. The van der Waals surface area contributed by atoms with Crippen LogP contribution in [0.15, 0.2) is 0 Å². The molecule has 11 atom stereocenters. The molecule has 0 radical (unpaired) electrons. The molecule has 0 saturated carbocycles. The average molecular weight is 431 g/mol. The maximum atomic E-state index is 10.5. The number of aliphatic hydroxyl groups excluding tert-OH is 7. The normalized spacial score (nSPS) is 44.6. The van der Waals surface area contributed by atoms with Gasteiger partial charge in [0.2, 0.25) is 0 Å². The van der Waals surface area contributed by atoms with E-state index in [0.29, 0.717) is 0 Å². The number of hydrogen-bond donors (Lipinski definition) is 9. The van der Waals surface area contributed by atoms with Crippen LogP contribution in [0.4, 0.5) is 0 Å². The molecule has 0 aromatic carbocycles. The Balaban J connectivity index is 1.91. The second-order valence-electron chi connectivity index (χ2n) is 6.91. The molecule has 0 aromatic heterocycles. The summed E-state index contributed by atoms with van der Waals surface area (Å²) in [6.07, 6.45) is -14.8. The minimum atomic E-state index is -1.66. The molecule has 2 fully saturated rings. The molecule has 29 heavy (non-hydrogen) atoms. The summed E-state index contributed by atoms with van der Waals surface area (Å²) in [4.78, 5) is 0. The van der Waals surface area contributed by atoms with Crippen molar-refractivity contribution in [2.75, 3.05) is 26.4 Å². The molecular formula is C15H29NO13. The minimum Gasteiger partial charge on any atom is -0.600 e. The van der Waals surface area contributed by atoms with E-state index in [1.807, 2.05) is 0 Å². The Morgan fingerprint density at radius 1 is 0.759 bits per heavy atom. The molecule has 11 unspecified atom stereocenters. The molecule has 2 saturated heterocycles. The summed E-state index contributed by atoms with van der Waals surface area (Å²) in [7, 11) is 0. The SMILES string of the molecule is [O-][NH+](O)CCCOC1OC(COC2OC(CO)C(O)C(O)C2O)C(O)C(O)C1O. The molecule has 14 nitrogen and oxygen atoms in total. The Bertz CT molecular complexity index is 483. The molecular weight excluding hydrogens is 402 g/mol. The summed E-state index contributed by atoms with van der Waals surface area (Å²) in [5.74, 6) is 0. The van der Waals surface area contributed by atoms with Crippen molar-refractivity contribution < 1.29 is 65.1 Å². The van der Waals surface area contributed by atoms with E-state index in [4.69, 9.17) is 29.3 Å². The molecule has 2 rings (SSSR count). The molecule has 172 valence electrons. The lowest BCUT2D eigenvalue weighted by atomic mass is 9.98. The van der Waals surface area contributed by atoms with Crippen LogP contribution in [-0.4, -0.2) is 129 Å². The van der Waals surface area contributed by atoms with Crippen molar-refractivity contribution in [3.8, 4) is 0 Å². The molecule has 14 heteroatoms. The number of aliphatic hydroxyl groups is 7. The van der Waals surface area contributed by atoms with E-state index < -0.39 is 79.9 Å². The lowest BCUT2D eigenvalue weighted by molar-refractivity contribution is -1.05. The highest BCUT2D eigenvalue weighted by molar-refractivity contribution is 4.91. The van der Waals surface area contributed by atoms with Crippen molar-refractivity contribution in [3.63, 3.8) is 0 Å². The first-order valence-corrected chi connectivity index (χ1v) is 9.12. The average Bonchev–Trinajstić information content (AvgIpc) is 2.69. The third kappa shape index (κ3) is 6.22. The van der Waals surface area contributed by atoms with E-state index >= 15 is 0 Å². The van der Waals surface area contributed by atoms with Gasteiger partial charge in [-0.25, -0.2) is 10.4 Å². The van der Waals surface area contributed by atoms with Gasteiger partial charge in [0.25, 0.3) is 0 Å². The summed E-state index contributed by atoms with van der Waals surface area (Å²) in [6.45, 7) is -1.37. The molecule has 0 spiro atoms. The fourth-order valence-corrected chi connectivity index (χ4v) is 3.01. The lowest BCUT2D eigenvalue weighted by Crippen LogP contribution is -3.04. The van der Waals surface area contributed by atoms with Crippen LogP contribution in [0.5, 0.6) is 0 Å². The zero-order valence-electron chi connectivity index (χ0n) is 15.4. The van der Waals surface area contributed by atoms with Crippen molar-refractivity contribution in [1.82, 2.24) is 0 Å². The van der Waals surface area contributed by atoms with Crippen molar-refractivity contribution >= 4 is 0 Å². The Morgan fingerprint density at radius 3 is 1.83 bits per heavy atom. The molecule has 2 aliphatic rings. The maximum Gasteiger partial charge on any atom is 0.186 e. The zero-order valence-corrected chi connectivity index (χ0v) is 15.4. The Labute approximate surface area is 165 Å². The van der Waals surface area contributed by atoms with E-state index in [2.05, 4.69) is 0 Å². The first kappa shape index (κ1) is 24.7. The van der Waals surface area contributed by atoms with Crippen LogP contribution in [0.25, 0.3) is 0 Å². The standard InChI is InChI=1S/C15H29NO13/c17-4-6-8(18)10(20)13(23)15(28-6)27-5-7-9(19)11(21)12(22)14(29-7)26-3-1-2-16(24)25/h6-24H,1-5H2. The second-order valence-corrected chi connectivity index (χ2v) is 6.91. The molecule has 0 aromatic rings. The number of quaternary nitrogens is 1. The molecule has 2 heterocycles. The van der Waals surface area contributed by atoms with E-state index in [1.54, 1.807) is 0 Å². The maximum absolute atomic E-state index is 10.5. The van der Waals surface area contributed by atoms with Gasteiger partial charge in [-0.2, -0.15) is 0 Å². The Morgan fingerprint density at radius 2 is 1.28 bits per heavy atom. The van der Waals surface area contributed by atoms with Crippen LogP contribution in [-0.2, 0) is 18.9 Å². The Kier molecular flexibility index (Phi) is 9.52. The van der Waals surface area contributed by atoms with Gasteiger partial charge in [-0.15, -0.1) is 0 Å². The highest BCUT2D eigenvalue weighted by Crippen LogP contribution is 2.25. The third-order valence-corrected chi connectivity index (χ3v) is 4.76. The lowest BCUT2D eigenvalue weighted by Gasteiger charge is -2.42. The molecule has 0 aliphatic carbocycles. The fourth-order valence-electron chi connectivity index (χ4n) is 3.01. The fraction of sp³-hybridized carbons (Fsp3) is 1.00. The van der Waals surface area contributed by atoms with Crippen LogP contribution in [0.3, 0.4) is 0 Å². The third-order valence-electron chi connectivity index (χ3n) is 4.76. The van der Waals surface area contributed by atoms with Crippen LogP contribution >= 0.6 is 0 Å². The summed E-state index contributed by atoms with van der Waals surface area (Å²) in [5.41, 5.74) is 0. The van der Waals surface area contributed by atoms with Gasteiger partial charge < -0.3 is 59.9 Å². The monoisotopic (exact) mass is 431 g/mol. The van der Waals surface area contributed by atoms with Crippen LogP contribution in [0, 0.1) is 5.21 Å². The second kappa shape index (κ2) is 11.2. The molecule has 9 N–H and O–H groups in total. The minimum absolute atomic E-state index is 0.0862. The smallest absolute Gasteiger partial charge is 0.186 e. The zero-order chi connectivity index (χ0) is 21.7. The largest absolute Gasteiger partial charge is 0.600 e. The first-order chi connectivity index (χ1) is 13.7. The van der Waals surface area contributed by atoms with Crippen LogP contribution in [0.1, 0.15) is 6.42 Å². The van der Waals surface area contributed by atoms with Crippen molar-refractivity contribution in [2.24, 2.45) is 0 Å². The summed E-state index contributed by atoms with van der Waals surface area (Å²) >= 11 is 0. The van der Waals surface area contributed by atoms with E-state index in [1.165, 1.54) is 0 Å². The van der Waals surface area contributed by atoms with Gasteiger partial charge in [0.15, 0.2) is 12.6 Å². The highest BCUT2D eigenvalue weighted by Gasteiger charge is 2.47. The number of ether oxygens (including phenoxy) is 4. The van der Waals surface area contributed by atoms with Gasteiger partial charge in [0.05, 0.1) is 19.8 Å². The van der Waals surface area contributed by atoms with Crippen molar-refractivity contribution in [1.29, 1.82) is 0 Å². The first-order valence-electron chi connectivity index (χ1n) is 9.12. The van der Waals surface area contributed by atoms with Gasteiger partial charge >= 0.3 is 0 Å². The van der Waals surface area contributed by atoms with Gasteiger partial charge in [0, 0.05) is 6.42 Å².